The summed E-state index contributed by atoms with van der Waals surface area (Å²) in [5.41, 5.74) is 11.7. The van der Waals surface area contributed by atoms with Crippen LogP contribution < -0.4 is 0 Å². The number of hydrogen-bond donors (Lipinski definition) is 2. The highest BCUT2D eigenvalue weighted by atomic mass is 14.8. The van der Waals surface area contributed by atoms with Gasteiger partial charge in [0, 0.05) is 22.2 Å². The molecular weight excluding hydrogens is 540 g/mol. The van der Waals surface area contributed by atoms with E-state index in [9.17, 15) is 10.5 Å². The van der Waals surface area contributed by atoms with Crippen molar-refractivity contribution in [2.24, 2.45) is 0 Å². The predicted molar refractivity (Wildman–Crippen MR) is 179 cm³/mol. The van der Waals surface area contributed by atoms with Crippen LogP contribution in [-0.4, -0.2) is 19.9 Å². The summed E-state index contributed by atoms with van der Waals surface area (Å²) in [5, 5.41) is 20.7. The minimum absolute atomic E-state index is 0.382. The first-order valence-electron chi connectivity index (χ1n) is 14.0. The minimum atomic E-state index is 0.382. The maximum atomic E-state index is 10.3. The fraction of sp³-hybridized carbons (Fsp3) is 0. The lowest BCUT2D eigenvalue weighted by atomic mass is 10.0. The molecule has 0 saturated heterocycles. The molecule has 0 aliphatic carbocycles. The molecule has 2 N–H and O–H groups in total. The summed E-state index contributed by atoms with van der Waals surface area (Å²) in [6.07, 6.45) is 11.1. The van der Waals surface area contributed by atoms with Crippen molar-refractivity contribution in [2.75, 3.05) is 0 Å². The van der Waals surface area contributed by atoms with Crippen molar-refractivity contribution in [3.63, 3.8) is 0 Å². The Balaban J connectivity index is 1.66. The second kappa shape index (κ2) is 10.7. The maximum Gasteiger partial charge on any atom is 0.104 e. The fourth-order valence-electron chi connectivity index (χ4n) is 5.69. The van der Waals surface area contributed by atoms with E-state index in [4.69, 9.17) is 9.97 Å². The van der Waals surface area contributed by atoms with Crippen LogP contribution in [0.15, 0.2) is 86.0 Å². The van der Waals surface area contributed by atoms with Crippen LogP contribution in [0.4, 0.5) is 0 Å². The molecule has 5 heterocycles. The Hall–Kier alpha value is -6.50. The third-order valence-corrected chi connectivity index (χ3v) is 7.80. The Morgan fingerprint density at radius 1 is 0.545 bits per heavy atom. The van der Waals surface area contributed by atoms with Gasteiger partial charge in [-0.2, -0.15) is 10.5 Å². The average Bonchev–Trinajstić information content (AvgIpc) is 3.89. The van der Waals surface area contributed by atoms with E-state index in [1.807, 2.05) is 97.1 Å². The molecule has 3 aromatic heterocycles. The SMILES string of the molecule is C=Cc1cccc(-c2c3nc(c(C#N)c4nc(c(-c5cccc(C=C)c5)c5ccc([nH]5)c(C#N)c5ccc2[nH]5)C=C4)C=C3)c1. The molecule has 0 spiro atoms. The minimum Gasteiger partial charge on any atom is -0.354 e. The highest BCUT2D eigenvalue weighted by Crippen LogP contribution is 2.34. The molecular formula is C38H24N6. The van der Waals surface area contributed by atoms with Gasteiger partial charge in [0.15, 0.2) is 0 Å². The number of nitriles is 2. The number of nitrogens with zero attached hydrogens (tertiary/aromatic N) is 4. The van der Waals surface area contributed by atoms with E-state index in [-0.39, 0.29) is 0 Å². The lowest BCUT2D eigenvalue weighted by molar-refractivity contribution is 1.25. The molecule has 0 radical (unpaired) electrons. The molecule has 0 saturated carbocycles. The molecule has 6 nitrogen and oxygen atoms in total. The van der Waals surface area contributed by atoms with Crippen molar-refractivity contribution in [3.05, 3.63) is 131 Å². The number of nitrogens with one attached hydrogen (secondary N) is 2. The molecule has 206 valence electrons. The van der Waals surface area contributed by atoms with E-state index in [1.54, 1.807) is 12.2 Å². The van der Waals surface area contributed by atoms with E-state index < -0.39 is 0 Å². The molecule has 44 heavy (non-hydrogen) atoms. The predicted octanol–water partition coefficient (Wildman–Crippen LogP) is 9.02. The lowest BCUT2D eigenvalue weighted by Gasteiger charge is -2.06. The maximum absolute atomic E-state index is 10.3. The van der Waals surface area contributed by atoms with Gasteiger partial charge < -0.3 is 9.97 Å². The number of H-pyrrole nitrogens is 2. The Morgan fingerprint density at radius 2 is 0.977 bits per heavy atom. The Morgan fingerprint density at radius 3 is 1.41 bits per heavy atom. The van der Waals surface area contributed by atoms with Crippen LogP contribution in [0.25, 0.3) is 80.8 Å². The van der Waals surface area contributed by atoms with Crippen LogP contribution in [0.3, 0.4) is 0 Å². The van der Waals surface area contributed by atoms with Gasteiger partial charge in [-0.3, -0.25) is 0 Å². The van der Waals surface area contributed by atoms with Gasteiger partial charge in [0.25, 0.3) is 0 Å². The Labute approximate surface area is 254 Å². The number of hydrogen-bond acceptors (Lipinski definition) is 4. The van der Waals surface area contributed by atoms with Gasteiger partial charge in [-0.1, -0.05) is 61.7 Å². The van der Waals surface area contributed by atoms with Crippen LogP contribution in [0.1, 0.15) is 45.0 Å². The van der Waals surface area contributed by atoms with Crippen LogP contribution in [0, 0.1) is 22.7 Å². The largest absolute Gasteiger partial charge is 0.354 e. The standard InChI is InChI=1S/C38H24N6/c1-3-23-7-5-9-25(19-23)37-33-15-11-29(41-33)27(21-39)31-13-17-35(43-31)38(26-10-6-8-24(4-2)20-26)36-18-14-32(44-36)28(22-40)30-12-16-34(37)42-30/h3-20,41,43H,1-2H2. The number of benzene rings is 2. The molecule has 7 rings (SSSR count). The zero-order chi connectivity index (χ0) is 30.2. The van der Waals surface area contributed by atoms with E-state index in [2.05, 4.69) is 35.3 Å². The Kier molecular flexibility index (Phi) is 6.43. The molecule has 2 aromatic carbocycles. The van der Waals surface area contributed by atoms with E-state index in [1.165, 1.54) is 0 Å². The molecule has 0 unspecified atom stereocenters. The third-order valence-electron chi connectivity index (χ3n) is 7.80. The molecule has 0 fully saturated rings. The summed E-state index contributed by atoms with van der Waals surface area (Å²) < 4.78 is 0. The summed E-state index contributed by atoms with van der Waals surface area (Å²) >= 11 is 0. The van der Waals surface area contributed by atoms with Gasteiger partial charge in [-0.25, -0.2) is 9.97 Å². The first-order valence-corrected chi connectivity index (χ1v) is 14.0. The average molecular weight is 565 g/mol. The first-order chi connectivity index (χ1) is 21.6. The van der Waals surface area contributed by atoms with Gasteiger partial charge in [-0.15, -0.1) is 0 Å². The van der Waals surface area contributed by atoms with E-state index in [0.29, 0.717) is 44.9 Å². The van der Waals surface area contributed by atoms with E-state index in [0.717, 1.165) is 44.4 Å². The Bertz CT molecular complexity index is 2200. The van der Waals surface area contributed by atoms with Gasteiger partial charge in [-0.05, 0) is 83.0 Å². The highest BCUT2D eigenvalue weighted by molar-refractivity contribution is 5.95. The molecule has 2 aliphatic heterocycles. The number of fused-ring (bicyclic) bond motifs is 8. The zero-order valence-corrected chi connectivity index (χ0v) is 23.6. The molecule has 8 bridgehead atoms. The quantitative estimate of drug-likeness (QED) is 0.222. The summed E-state index contributed by atoms with van der Waals surface area (Å²) in [6.45, 7) is 7.85. The monoisotopic (exact) mass is 564 g/mol. The van der Waals surface area contributed by atoms with Crippen molar-refractivity contribution < 1.29 is 0 Å². The van der Waals surface area contributed by atoms with Crippen LogP contribution in [0.2, 0.25) is 0 Å². The summed E-state index contributed by atoms with van der Waals surface area (Å²) in [5.74, 6) is 0. The summed E-state index contributed by atoms with van der Waals surface area (Å²) in [7, 11) is 0. The molecule has 6 heteroatoms. The van der Waals surface area contributed by atoms with Crippen molar-refractivity contribution in [1.82, 2.24) is 19.9 Å². The van der Waals surface area contributed by atoms with Crippen molar-refractivity contribution in [2.45, 2.75) is 0 Å². The molecule has 0 atom stereocenters. The smallest absolute Gasteiger partial charge is 0.104 e. The fourth-order valence-corrected chi connectivity index (χ4v) is 5.69. The second-order valence-corrected chi connectivity index (χ2v) is 10.4. The van der Waals surface area contributed by atoms with Gasteiger partial charge in [0.1, 0.15) is 17.7 Å². The van der Waals surface area contributed by atoms with Gasteiger partial charge >= 0.3 is 0 Å². The topological polar surface area (TPSA) is 105 Å². The van der Waals surface area contributed by atoms with E-state index >= 15 is 0 Å². The summed E-state index contributed by atoms with van der Waals surface area (Å²) in [4.78, 5) is 16.8. The van der Waals surface area contributed by atoms with Crippen LogP contribution in [0.5, 0.6) is 0 Å². The van der Waals surface area contributed by atoms with Crippen LogP contribution in [-0.2, 0) is 0 Å². The van der Waals surface area contributed by atoms with Crippen molar-refractivity contribution in [1.29, 1.82) is 10.5 Å². The highest BCUT2D eigenvalue weighted by Gasteiger charge is 2.18. The zero-order valence-electron chi connectivity index (χ0n) is 23.6. The van der Waals surface area contributed by atoms with Gasteiger partial charge in [0.2, 0.25) is 0 Å². The lowest BCUT2D eigenvalue weighted by Crippen LogP contribution is -1.91. The molecule has 2 aliphatic rings. The molecule has 5 aromatic rings. The third kappa shape index (κ3) is 4.44. The van der Waals surface area contributed by atoms with Crippen molar-refractivity contribution in [3.8, 4) is 34.4 Å². The van der Waals surface area contributed by atoms with Crippen molar-refractivity contribution >= 4 is 58.5 Å². The normalized spacial score (nSPS) is 11.6. The van der Waals surface area contributed by atoms with Crippen LogP contribution >= 0.6 is 0 Å². The number of aromatic amines is 2. The molecule has 0 amide bonds. The number of aromatic nitrogens is 4. The number of rotatable bonds is 4. The van der Waals surface area contributed by atoms with Gasteiger partial charge in [0.05, 0.1) is 39.4 Å². The first kappa shape index (κ1) is 26.4. The summed E-state index contributed by atoms with van der Waals surface area (Å²) in [6, 6.07) is 28.5. The second-order valence-electron chi connectivity index (χ2n) is 10.4.